The van der Waals surface area contributed by atoms with Crippen molar-refractivity contribution in [3.05, 3.63) is 71.8 Å². The number of tetrazole rings is 1. The second kappa shape index (κ2) is 6.79. The first-order valence-electron chi connectivity index (χ1n) is 8.25. The van der Waals surface area contributed by atoms with E-state index in [4.69, 9.17) is 0 Å². The molecule has 2 aromatic heterocycles. The molecule has 1 amide bonds. The van der Waals surface area contributed by atoms with Crippen LogP contribution < -0.4 is 5.32 Å². The third-order valence-electron chi connectivity index (χ3n) is 4.06. The van der Waals surface area contributed by atoms with Crippen molar-refractivity contribution in [3.63, 3.8) is 0 Å². The van der Waals surface area contributed by atoms with Crippen LogP contribution in [0.15, 0.2) is 55.0 Å². The first-order chi connectivity index (χ1) is 13.1. The van der Waals surface area contributed by atoms with E-state index in [0.717, 1.165) is 22.5 Å². The van der Waals surface area contributed by atoms with Crippen molar-refractivity contribution in [1.29, 1.82) is 0 Å². The SMILES string of the molecule is Cc1cccc(-n2cc(C(=O)Nc3ccc(C)c(-n4cnnn4)c3)nn2)c1. The zero-order valence-electron chi connectivity index (χ0n) is 14.7. The van der Waals surface area contributed by atoms with Crippen LogP contribution >= 0.6 is 0 Å². The van der Waals surface area contributed by atoms with Gasteiger partial charge in [0, 0.05) is 5.69 Å². The summed E-state index contributed by atoms with van der Waals surface area (Å²) in [5.41, 5.74) is 4.54. The normalized spacial score (nSPS) is 10.7. The molecule has 0 atom stereocenters. The number of rotatable bonds is 4. The molecule has 9 nitrogen and oxygen atoms in total. The van der Waals surface area contributed by atoms with E-state index in [1.54, 1.807) is 21.6 Å². The predicted molar refractivity (Wildman–Crippen MR) is 97.9 cm³/mol. The van der Waals surface area contributed by atoms with Gasteiger partial charge in [0.1, 0.15) is 6.33 Å². The number of carbonyl (C=O) groups excluding carboxylic acids is 1. The molecule has 0 bridgehead atoms. The summed E-state index contributed by atoms with van der Waals surface area (Å²) >= 11 is 0. The summed E-state index contributed by atoms with van der Waals surface area (Å²) in [5.74, 6) is -0.347. The second-order valence-corrected chi connectivity index (χ2v) is 6.10. The number of amides is 1. The van der Waals surface area contributed by atoms with Crippen molar-refractivity contribution in [3.8, 4) is 11.4 Å². The fourth-order valence-corrected chi connectivity index (χ4v) is 2.67. The lowest BCUT2D eigenvalue weighted by molar-refractivity contribution is 0.102. The van der Waals surface area contributed by atoms with E-state index in [-0.39, 0.29) is 11.6 Å². The quantitative estimate of drug-likeness (QED) is 0.598. The Hall–Kier alpha value is -3.88. The smallest absolute Gasteiger partial charge is 0.277 e. The van der Waals surface area contributed by atoms with Gasteiger partial charge in [-0.2, -0.15) is 0 Å². The zero-order chi connectivity index (χ0) is 18.8. The Bertz CT molecular complexity index is 1100. The standard InChI is InChI=1S/C18H16N8O/c1-12-4-3-5-15(8-12)25-10-16(21-23-25)18(27)20-14-7-6-13(2)17(9-14)26-11-19-22-24-26/h3-11H,1-2H3,(H,20,27). The highest BCUT2D eigenvalue weighted by Gasteiger charge is 2.13. The number of aryl methyl sites for hydroxylation is 2. The molecule has 27 heavy (non-hydrogen) atoms. The van der Waals surface area contributed by atoms with Crippen LogP contribution in [0.1, 0.15) is 21.6 Å². The minimum atomic E-state index is -0.347. The number of nitrogens with one attached hydrogen (secondary N) is 1. The van der Waals surface area contributed by atoms with Gasteiger partial charge in [0.15, 0.2) is 5.69 Å². The fraction of sp³-hybridized carbons (Fsp3) is 0.111. The van der Waals surface area contributed by atoms with E-state index in [0.29, 0.717) is 5.69 Å². The molecule has 2 heterocycles. The van der Waals surface area contributed by atoms with E-state index in [1.165, 1.54) is 6.33 Å². The highest BCUT2D eigenvalue weighted by atomic mass is 16.2. The van der Waals surface area contributed by atoms with Crippen molar-refractivity contribution in [1.82, 2.24) is 35.2 Å². The van der Waals surface area contributed by atoms with Gasteiger partial charge in [0.25, 0.3) is 5.91 Å². The topological polar surface area (TPSA) is 103 Å². The average molecular weight is 360 g/mol. The lowest BCUT2D eigenvalue weighted by atomic mass is 10.2. The van der Waals surface area contributed by atoms with Gasteiger partial charge in [-0.05, 0) is 59.7 Å². The summed E-state index contributed by atoms with van der Waals surface area (Å²) in [6.07, 6.45) is 3.10. The van der Waals surface area contributed by atoms with Crippen molar-refractivity contribution in [2.75, 3.05) is 5.32 Å². The second-order valence-electron chi connectivity index (χ2n) is 6.10. The summed E-state index contributed by atoms with van der Waals surface area (Å²) < 4.78 is 3.11. The largest absolute Gasteiger partial charge is 0.320 e. The molecule has 1 N–H and O–H groups in total. The first-order valence-corrected chi connectivity index (χ1v) is 8.25. The monoisotopic (exact) mass is 360 g/mol. The molecular weight excluding hydrogens is 344 g/mol. The Morgan fingerprint density at radius 3 is 2.70 bits per heavy atom. The average Bonchev–Trinajstić information content (AvgIpc) is 3.35. The van der Waals surface area contributed by atoms with Gasteiger partial charge in [-0.25, -0.2) is 9.36 Å². The third-order valence-corrected chi connectivity index (χ3v) is 4.06. The summed E-state index contributed by atoms with van der Waals surface area (Å²) in [6.45, 7) is 3.93. The zero-order valence-corrected chi connectivity index (χ0v) is 14.7. The van der Waals surface area contributed by atoms with Gasteiger partial charge in [-0.1, -0.05) is 23.4 Å². The Kier molecular flexibility index (Phi) is 4.17. The lowest BCUT2D eigenvalue weighted by Crippen LogP contribution is -2.13. The molecule has 0 saturated heterocycles. The molecule has 0 saturated carbocycles. The van der Waals surface area contributed by atoms with Crippen molar-refractivity contribution in [2.24, 2.45) is 0 Å². The Balaban J connectivity index is 1.56. The number of hydrogen-bond acceptors (Lipinski definition) is 6. The maximum Gasteiger partial charge on any atom is 0.277 e. The fourth-order valence-electron chi connectivity index (χ4n) is 2.67. The number of anilines is 1. The molecule has 0 aliphatic rings. The molecule has 0 unspecified atom stereocenters. The van der Waals surface area contributed by atoms with Gasteiger partial charge >= 0.3 is 0 Å². The van der Waals surface area contributed by atoms with E-state index in [9.17, 15) is 4.79 Å². The molecule has 4 rings (SSSR count). The van der Waals surface area contributed by atoms with Gasteiger partial charge in [-0.15, -0.1) is 10.2 Å². The van der Waals surface area contributed by atoms with E-state index in [1.807, 2.05) is 50.2 Å². The highest BCUT2D eigenvalue weighted by Crippen LogP contribution is 2.19. The molecule has 0 fully saturated rings. The summed E-state index contributed by atoms with van der Waals surface area (Å²) in [6, 6.07) is 13.3. The molecule has 134 valence electrons. The molecular formula is C18H16N8O. The van der Waals surface area contributed by atoms with Crippen LogP contribution in [0.25, 0.3) is 11.4 Å². The summed E-state index contributed by atoms with van der Waals surface area (Å²) in [5, 5.41) is 22.0. The van der Waals surface area contributed by atoms with Crippen LogP contribution in [0, 0.1) is 13.8 Å². The van der Waals surface area contributed by atoms with Crippen molar-refractivity contribution in [2.45, 2.75) is 13.8 Å². The van der Waals surface area contributed by atoms with Gasteiger partial charge in [0.05, 0.1) is 17.6 Å². The van der Waals surface area contributed by atoms with Crippen LogP contribution in [-0.2, 0) is 0 Å². The number of benzene rings is 2. The number of aromatic nitrogens is 7. The van der Waals surface area contributed by atoms with E-state index in [2.05, 4.69) is 31.2 Å². The molecule has 4 aromatic rings. The number of nitrogens with zero attached hydrogens (tertiary/aromatic N) is 7. The van der Waals surface area contributed by atoms with Crippen molar-refractivity contribution < 1.29 is 4.79 Å². The van der Waals surface area contributed by atoms with Crippen LogP contribution in [0.3, 0.4) is 0 Å². The van der Waals surface area contributed by atoms with Crippen LogP contribution in [0.2, 0.25) is 0 Å². The lowest BCUT2D eigenvalue weighted by Gasteiger charge is -2.08. The van der Waals surface area contributed by atoms with Crippen LogP contribution in [-0.4, -0.2) is 41.1 Å². The molecule has 0 aliphatic carbocycles. The highest BCUT2D eigenvalue weighted by molar-refractivity contribution is 6.02. The Morgan fingerprint density at radius 2 is 1.93 bits per heavy atom. The molecule has 0 spiro atoms. The molecule has 9 heteroatoms. The molecule has 0 radical (unpaired) electrons. The van der Waals surface area contributed by atoms with Gasteiger partial charge in [0.2, 0.25) is 0 Å². The third kappa shape index (κ3) is 3.43. The Morgan fingerprint density at radius 1 is 1.04 bits per heavy atom. The minimum absolute atomic E-state index is 0.223. The van der Waals surface area contributed by atoms with E-state index < -0.39 is 0 Å². The molecule has 0 aliphatic heterocycles. The van der Waals surface area contributed by atoms with E-state index >= 15 is 0 Å². The van der Waals surface area contributed by atoms with Gasteiger partial charge < -0.3 is 5.32 Å². The number of hydrogen-bond donors (Lipinski definition) is 1. The molecule has 2 aromatic carbocycles. The summed E-state index contributed by atoms with van der Waals surface area (Å²) in [7, 11) is 0. The number of carbonyl (C=O) groups is 1. The maximum absolute atomic E-state index is 12.5. The first kappa shape index (κ1) is 16.6. The summed E-state index contributed by atoms with van der Waals surface area (Å²) in [4.78, 5) is 12.5. The van der Waals surface area contributed by atoms with Crippen LogP contribution in [0.5, 0.6) is 0 Å². The van der Waals surface area contributed by atoms with Gasteiger partial charge in [-0.3, -0.25) is 4.79 Å². The Labute approximate surface area is 154 Å². The van der Waals surface area contributed by atoms with Crippen molar-refractivity contribution >= 4 is 11.6 Å². The minimum Gasteiger partial charge on any atom is -0.320 e. The predicted octanol–water partition coefficient (Wildman–Crippen LogP) is 2.11. The van der Waals surface area contributed by atoms with Crippen LogP contribution in [0.4, 0.5) is 5.69 Å². The maximum atomic E-state index is 12.5.